The summed E-state index contributed by atoms with van der Waals surface area (Å²) in [6.07, 6.45) is 0. The molecule has 2 heterocycles. The van der Waals surface area contributed by atoms with Crippen molar-refractivity contribution in [1.29, 1.82) is 0 Å². The molecule has 130 valence electrons. The minimum absolute atomic E-state index is 0.0777. The van der Waals surface area contributed by atoms with Crippen LogP contribution in [0.2, 0.25) is 0 Å². The average Bonchev–Trinajstić information content (AvgIpc) is 2.96. The number of hydrogen-bond acceptors (Lipinski definition) is 4. The maximum absolute atomic E-state index is 12.6. The molecule has 6 heteroatoms. The summed E-state index contributed by atoms with van der Waals surface area (Å²) in [6.45, 7) is 6.12. The van der Waals surface area contributed by atoms with E-state index < -0.39 is 0 Å². The van der Waals surface area contributed by atoms with Crippen molar-refractivity contribution in [3.05, 3.63) is 53.3 Å². The number of aromatic nitrogens is 3. The second-order valence-electron chi connectivity index (χ2n) is 6.11. The van der Waals surface area contributed by atoms with Crippen molar-refractivity contribution in [2.24, 2.45) is 0 Å². The molecule has 0 bridgehead atoms. The van der Waals surface area contributed by atoms with Gasteiger partial charge in [0.15, 0.2) is 0 Å². The van der Waals surface area contributed by atoms with Gasteiger partial charge < -0.3 is 10.1 Å². The van der Waals surface area contributed by atoms with E-state index in [0.29, 0.717) is 12.4 Å². The maximum Gasteiger partial charge on any atom is 0.244 e. The molecule has 0 unspecified atom stereocenters. The number of nitrogens with zero attached hydrogens (tertiary/aromatic N) is 3. The summed E-state index contributed by atoms with van der Waals surface area (Å²) in [4.78, 5) is 17.0. The quantitative estimate of drug-likeness (QED) is 0.776. The number of carbonyl (C=O) groups is 1. The number of amides is 1. The summed E-state index contributed by atoms with van der Waals surface area (Å²) in [5.41, 5.74) is 3.69. The monoisotopic (exact) mass is 338 g/mol. The summed E-state index contributed by atoms with van der Waals surface area (Å²) in [6, 6.07) is 11.3. The van der Waals surface area contributed by atoms with Crippen LogP contribution < -0.4 is 10.1 Å². The smallest absolute Gasteiger partial charge is 0.244 e. The number of carbonyl (C=O) groups excluding carboxylic acids is 1. The van der Waals surface area contributed by atoms with Crippen LogP contribution in [0.5, 0.6) is 5.88 Å². The molecule has 0 saturated carbocycles. The predicted octanol–water partition coefficient (Wildman–Crippen LogP) is 2.93. The molecule has 6 nitrogen and oxygen atoms in total. The molecule has 0 aliphatic rings. The second-order valence-corrected chi connectivity index (χ2v) is 6.11. The molecule has 3 aromatic rings. The lowest BCUT2D eigenvalue weighted by molar-refractivity contribution is -0.124. The van der Waals surface area contributed by atoms with Gasteiger partial charge in [0.2, 0.25) is 11.8 Å². The van der Waals surface area contributed by atoms with Gasteiger partial charge in [-0.25, -0.2) is 4.98 Å². The van der Waals surface area contributed by atoms with Crippen molar-refractivity contribution in [3.8, 4) is 5.88 Å². The Morgan fingerprint density at radius 2 is 2.04 bits per heavy atom. The zero-order chi connectivity index (χ0) is 18.0. The molecule has 0 saturated heterocycles. The molecule has 0 spiro atoms. The molecule has 1 N–H and O–H groups in total. The zero-order valence-electron chi connectivity index (χ0n) is 14.9. The molecule has 0 fully saturated rings. The number of ether oxygens (including phenoxy) is 1. The number of methoxy groups -OCH3 is 1. The lowest BCUT2D eigenvalue weighted by atomic mass is 10.1. The van der Waals surface area contributed by atoms with Gasteiger partial charge in [-0.1, -0.05) is 18.2 Å². The number of aryl methyl sites for hydroxylation is 2. The van der Waals surface area contributed by atoms with Gasteiger partial charge in [0.1, 0.15) is 6.04 Å². The lowest BCUT2D eigenvalue weighted by Crippen LogP contribution is -2.31. The number of benzene rings is 1. The van der Waals surface area contributed by atoms with E-state index >= 15 is 0 Å². The summed E-state index contributed by atoms with van der Waals surface area (Å²) in [5, 5.41) is 8.39. The van der Waals surface area contributed by atoms with Crippen molar-refractivity contribution < 1.29 is 9.53 Å². The number of para-hydroxylation sites is 1. The number of nitrogens with one attached hydrogen (secondary N) is 1. The highest BCUT2D eigenvalue weighted by Gasteiger charge is 2.18. The Bertz CT molecular complexity index is 917. The van der Waals surface area contributed by atoms with E-state index in [-0.39, 0.29) is 11.9 Å². The van der Waals surface area contributed by atoms with Crippen LogP contribution in [-0.4, -0.2) is 27.8 Å². The minimum Gasteiger partial charge on any atom is -0.481 e. The minimum atomic E-state index is -0.372. The molecule has 1 aromatic carbocycles. The predicted molar refractivity (Wildman–Crippen MR) is 96.6 cm³/mol. The first-order chi connectivity index (χ1) is 12.0. The first-order valence-corrected chi connectivity index (χ1v) is 8.22. The van der Waals surface area contributed by atoms with Gasteiger partial charge in [-0.3, -0.25) is 9.48 Å². The Kier molecular flexibility index (Phi) is 4.70. The Balaban J connectivity index is 1.80. The lowest BCUT2D eigenvalue weighted by Gasteiger charge is -2.15. The molecule has 0 radical (unpaired) electrons. The first kappa shape index (κ1) is 17.0. The third-order valence-corrected chi connectivity index (χ3v) is 4.23. The van der Waals surface area contributed by atoms with Crippen LogP contribution in [0.25, 0.3) is 10.9 Å². The fourth-order valence-corrected chi connectivity index (χ4v) is 2.95. The molecule has 1 atom stereocenters. The van der Waals surface area contributed by atoms with Gasteiger partial charge in [-0.05, 0) is 38.5 Å². The van der Waals surface area contributed by atoms with E-state index in [1.54, 1.807) is 11.8 Å². The fourth-order valence-electron chi connectivity index (χ4n) is 2.95. The number of rotatable bonds is 5. The van der Waals surface area contributed by atoms with Gasteiger partial charge in [0.05, 0.1) is 18.3 Å². The van der Waals surface area contributed by atoms with Crippen molar-refractivity contribution in [2.75, 3.05) is 7.11 Å². The van der Waals surface area contributed by atoms with Crippen molar-refractivity contribution in [2.45, 2.75) is 33.4 Å². The third-order valence-electron chi connectivity index (χ3n) is 4.23. The van der Waals surface area contributed by atoms with Crippen LogP contribution in [0.3, 0.4) is 0 Å². The summed E-state index contributed by atoms with van der Waals surface area (Å²) in [5.74, 6) is 0.459. The van der Waals surface area contributed by atoms with Gasteiger partial charge >= 0.3 is 0 Å². The molecule has 25 heavy (non-hydrogen) atoms. The first-order valence-electron chi connectivity index (χ1n) is 8.22. The van der Waals surface area contributed by atoms with E-state index in [2.05, 4.69) is 15.4 Å². The Labute approximate surface area is 146 Å². The number of fused-ring (bicyclic) bond motifs is 1. The van der Waals surface area contributed by atoms with E-state index in [1.807, 2.05) is 57.2 Å². The highest BCUT2D eigenvalue weighted by atomic mass is 16.5. The topological polar surface area (TPSA) is 69.0 Å². The Morgan fingerprint density at radius 3 is 2.72 bits per heavy atom. The van der Waals surface area contributed by atoms with E-state index in [1.165, 1.54) is 0 Å². The molecule has 0 aliphatic heterocycles. The van der Waals surface area contributed by atoms with Crippen LogP contribution in [-0.2, 0) is 11.3 Å². The SMILES string of the molecule is COc1cc(CNC(=O)[C@@H](C)n2nc(C)cc2C)c2ccccc2n1. The van der Waals surface area contributed by atoms with Crippen molar-refractivity contribution in [1.82, 2.24) is 20.1 Å². The molecule has 0 aliphatic carbocycles. The van der Waals surface area contributed by atoms with Gasteiger partial charge in [0, 0.05) is 23.7 Å². The highest BCUT2D eigenvalue weighted by Crippen LogP contribution is 2.22. The largest absolute Gasteiger partial charge is 0.481 e. The normalized spacial score (nSPS) is 12.2. The van der Waals surface area contributed by atoms with Crippen molar-refractivity contribution in [3.63, 3.8) is 0 Å². The van der Waals surface area contributed by atoms with Crippen molar-refractivity contribution >= 4 is 16.8 Å². The van der Waals surface area contributed by atoms with E-state index in [9.17, 15) is 4.79 Å². The molecule has 3 rings (SSSR count). The summed E-state index contributed by atoms with van der Waals surface area (Å²) >= 11 is 0. The van der Waals surface area contributed by atoms with Gasteiger partial charge in [-0.15, -0.1) is 0 Å². The second kappa shape index (κ2) is 6.93. The van der Waals surface area contributed by atoms with E-state index in [0.717, 1.165) is 27.9 Å². The van der Waals surface area contributed by atoms with Crippen LogP contribution in [0, 0.1) is 13.8 Å². The number of hydrogen-bond donors (Lipinski definition) is 1. The van der Waals surface area contributed by atoms with Crippen LogP contribution >= 0.6 is 0 Å². The maximum atomic E-state index is 12.6. The standard InChI is InChI=1S/C19H22N4O2/c1-12-9-13(2)23(22-12)14(3)19(24)20-11-15-10-18(25-4)21-17-8-6-5-7-16(15)17/h5-10,14H,11H2,1-4H3,(H,20,24)/t14-/m1/s1. The third kappa shape index (κ3) is 3.47. The van der Waals surface area contributed by atoms with Crippen LogP contribution in [0.4, 0.5) is 0 Å². The van der Waals surface area contributed by atoms with Gasteiger partial charge in [0.25, 0.3) is 0 Å². The number of pyridine rings is 1. The average molecular weight is 338 g/mol. The van der Waals surface area contributed by atoms with Gasteiger partial charge in [-0.2, -0.15) is 5.10 Å². The fraction of sp³-hybridized carbons (Fsp3) is 0.316. The van der Waals surface area contributed by atoms with E-state index in [4.69, 9.17) is 4.74 Å². The Morgan fingerprint density at radius 1 is 1.28 bits per heavy atom. The molecular formula is C19H22N4O2. The zero-order valence-corrected chi connectivity index (χ0v) is 14.9. The molecule has 1 amide bonds. The van der Waals surface area contributed by atoms with Crippen LogP contribution in [0.1, 0.15) is 29.9 Å². The highest BCUT2D eigenvalue weighted by molar-refractivity contribution is 5.84. The Hall–Kier alpha value is -2.89. The molecule has 2 aromatic heterocycles. The van der Waals surface area contributed by atoms with Crippen LogP contribution in [0.15, 0.2) is 36.4 Å². The summed E-state index contributed by atoms with van der Waals surface area (Å²) in [7, 11) is 1.59. The summed E-state index contributed by atoms with van der Waals surface area (Å²) < 4.78 is 7.01. The molecular weight excluding hydrogens is 316 g/mol.